The van der Waals surface area contributed by atoms with Crippen molar-refractivity contribution in [1.29, 1.82) is 0 Å². The van der Waals surface area contributed by atoms with Crippen LogP contribution in [0.4, 0.5) is 0 Å². The van der Waals surface area contributed by atoms with Crippen molar-refractivity contribution in [3.8, 4) is 0 Å². The zero-order valence-electron chi connectivity index (χ0n) is 11.8. The monoisotopic (exact) mass is 290 g/mol. The summed E-state index contributed by atoms with van der Waals surface area (Å²) in [5.74, 6) is 0. The summed E-state index contributed by atoms with van der Waals surface area (Å²) in [5, 5.41) is 9.58. The van der Waals surface area contributed by atoms with Gasteiger partial charge < -0.3 is 10.1 Å². The summed E-state index contributed by atoms with van der Waals surface area (Å²) >= 11 is 0. The summed E-state index contributed by atoms with van der Waals surface area (Å²) in [5.41, 5.74) is 1.01. The molecule has 0 atom stereocenters. The average Bonchev–Trinajstić information content (AvgIpc) is 2.67. The minimum absolute atomic E-state index is 0.0833. The Morgan fingerprint density at radius 2 is 2.11 bits per heavy atom. The average molecular weight is 290 g/mol. The lowest BCUT2D eigenvalue weighted by Crippen LogP contribution is -2.29. The van der Waals surface area contributed by atoms with Crippen LogP contribution < -0.4 is 10.0 Å². The Bertz CT molecular complexity index is 496. The molecule has 1 aromatic rings. The van der Waals surface area contributed by atoms with Gasteiger partial charge in [0, 0.05) is 13.1 Å². The number of ether oxygens (including phenoxy) is 1. The molecule has 0 bridgehead atoms. The van der Waals surface area contributed by atoms with E-state index < -0.39 is 10.0 Å². The van der Waals surface area contributed by atoms with Gasteiger partial charge in [-0.3, -0.25) is 5.10 Å². The van der Waals surface area contributed by atoms with E-state index in [0.29, 0.717) is 24.5 Å². The van der Waals surface area contributed by atoms with Crippen LogP contribution in [-0.2, 0) is 21.3 Å². The Morgan fingerprint density at radius 3 is 2.68 bits per heavy atom. The molecule has 0 aliphatic carbocycles. The second-order valence-electron chi connectivity index (χ2n) is 4.47. The van der Waals surface area contributed by atoms with Crippen LogP contribution in [0.5, 0.6) is 0 Å². The van der Waals surface area contributed by atoms with Crippen LogP contribution in [0.2, 0.25) is 0 Å². The van der Waals surface area contributed by atoms with Gasteiger partial charge in [-0.2, -0.15) is 5.10 Å². The molecule has 1 heterocycles. The van der Waals surface area contributed by atoms with Crippen LogP contribution in [0.1, 0.15) is 25.2 Å². The van der Waals surface area contributed by atoms with Crippen LogP contribution >= 0.6 is 0 Å². The van der Waals surface area contributed by atoms with Crippen LogP contribution in [0.3, 0.4) is 0 Å². The van der Waals surface area contributed by atoms with Gasteiger partial charge in [0.05, 0.1) is 24.1 Å². The predicted octanol–water partition coefficient (Wildman–Crippen LogP) is 0.141. The van der Waals surface area contributed by atoms with Gasteiger partial charge in [-0.25, -0.2) is 13.1 Å². The van der Waals surface area contributed by atoms with Crippen molar-refractivity contribution in [3.63, 3.8) is 0 Å². The molecule has 0 unspecified atom stereocenters. The van der Waals surface area contributed by atoms with Crippen molar-refractivity contribution in [2.24, 2.45) is 0 Å². The molecule has 1 aromatic heterocycles. The first-order valence-corrected chi connectivity index (χ1v) is 7.66. The third kappa shape index (κ3) is 4.57. The largest absolute Gasteiger partial charge is 0.377 e. The molecular weight excluding hydrogens is 268 g/mol. The van der Waals surface area contributed by atoms with Gasteiger partial charge in [-0.15, -0.1) is 0 Å². The molecule has 0 saturated carbocycles. The number of hydrogen-bond donors (Lipinski definition) is 3. The van der Waals surface area contributed by atoms with Gasteiger partial charge in [0.25, 0.3) is 0 Å². The van der Waals surface area contributed by atoms with E-state index in [1.165, 1.54) is 0 Å². The molecule has 110 valence electrons. The fourth-order valence-corrected chi connectivity index (χ4v) is 3.03. The highest BCUT2D eigenvalue weighted by atomic mass is 32.2. The molecule has 0 saturated heterocycles. The Hall–Kier alpha value is -0.960. The number of hydrogen-bond acceptors (Lipinski definition) is 5. The molecule has 3 N–H and O–H groups in total. The molecule has 0 amide bonds. The van der Waals surface area contributed by atoms with Crippen LogP contribution in [-0.4, -0.2) is 44.9 Å². The maximum atomic E-state index is 12.2. The van der Waals surface area contributed by atoms with Crippen LogP contribution in [0, 0.1) is 6.92 Å². The molecule has 0 fully saturated rings. The molecule has 19 heavy (non-hydrogen) atoms. The quantitative estimate of drug-likeness (QED) is 0.592. The highest BCUT2D eigenvalue weighted by Crippen LogP contribution is 2.16. The number of aromatic nitrogens is 2. The molecule has 0 radical (unpaired) electrons. The molecule has 7 nitrogen and oxygen atoms in total. The smallest absolute Gasteiger partial charge is 0.244 e. The highest BCUT2D eigenvalue weighted by molar-refractivity contribution is 7.89. The highest BCUT2D eigenvalue weighted by Gasteiger charge is 2.23. The number of H-pyrrole nitrogens is 1. The van der Waals surface area contributed by atoms with Crippen LogP contribution in [0.25, 0.3) is 0 Å². The van der Waals surface area contributed by atoms with E-state index in [-0.39, 0.29) is 17.5 Å². The van der Waals surface area contributed by atoms with Gasteiger partial charge in [-0.05, 0) is 27.8 Å². The van der Waals surface area contributed by atoms with E-state index >= 15 is 0 Å². The van der Waals surface area contributed by atoms with E-state index in [4.69, 9.17) is 4.74 Å². The summed E-state index contributed by atoms with van der Waals surface area (Å²) in [6.07, 6.45) is 0.0833. The summed E-state index contributed by atoms with van der Waals surface area (Å²) in [4.78, 5) is 0.214. The Morgan fingerprint density at radius 1 is 1.42 bits per heavy atom. The van der Waals surface area contributed by atoms with Crippen molar-refractivity contribution in [2.75, 3.05) is 20.2 Å². The van der Waals surface area contributed by atoms with Crippen LogP contribution in [0.15, 0.2) is 4.90 Å². The summed E-state index contributed by atoms with van der Waals surface area (Å²) in [7, 11) is -1.82. The van der Waals surface area contributed by atoms with Gasteiger partial charge in [0.2, 0.25) is 10.0 Å². The van der Waals surface area contributed by atoms with E-state index in [9.17, 15) is 8.42 Å². The van der Waals surface area contributed by atoms with E-state index in [1.54, 1.807) is 14.0 Å². The van der Waals surface area contributed by atoms with Gasteiger partial charge in [0.1, 0.15) is 4.90 Å². The lowest BCUT2D eigenvalue weighted by atomic mass is 10.4. The minimum atomic E-state index is -3.56. The minimum Gasteiger partial charge on any atom is -0.377 e. The zero-order chi connectivity index (χ0) is 14.5. The molecule has 8 heteroatoms. The standard InChI is InChI=1S/C11H22N4O3S/c1-8(2)18-6-5-13-19(16,17)11-9(3)14-15-10(11)7-12-4/h8,12-13H,5-7H2,1-4H3,(H,14,15). The number of aromatic amines is 1. The topological polar surface area (TPSA) is 96.1 Å². The summed E-state index contributed by atoms with van der Waals surface area (Å²) < 4.78 is 32.2. The molecule has 0 aromatic carbocycles. The maximum Gasteiger partial charge on any atom is 0.244 e. The first kappa shape index (κ1) is 16.1. The lowest BCUT2D eigenvalue weighted by molar-refractivity contribution is 0.0834. The van der Waals surface area contributed by atoms with Gasteiger partial charge >= 0.3 is 0 Å². The van der Waals surface area contributed by atoms with Gasteiger partial charge in [-0.1, -0.05) is 0 Å². The number of sulfonamides is 1. The fraction of sp³-hybridized carbons (Fsp3) is 0.727. The van der Waals surface area contributed by atoms with Crippen molar-refractivity contribution < 1.29 is 13.2 Å². The second kappa shape index (κ2) is 6.99. The zero-order valence-corrected chi connectivity index (χ0v) is 12.6. The predicted molar refractivity (Wildman–Crippen MR) is 72.4 cm³/mol. The Labute approximate surface area is 114 Å². The number of aryl methyl sites for hydroxylation is 1. The maximum absolute atomic E-state index is 12.2. The second-order valence-corrected chi connectivity index (χ2v) is 6.18. The van der Waals surface area contributed by atoms with Crippen molar-refractivity contribution in [2.45, 2.75) is 38.3 Å². The third-order valence-corrected chi connectivity index (χ3v) is 4.08. The van der Waals surface area contributed by atoms with Crippen molar-refractivity contribution in [3.05, 3.63) is 11.4 Å². The normalized spacial score (nSPS) is 12.3. The number of rotatable bonds is 8. The molecule has 0 aliphatic heterocycles. The lowest BCUT2D eigenvalue weighted by Gasteiger charge is -2.10. The van der Waals surface area contributed by atoms with E-state index in [1.807, 2.05) is 13.8 Å². The molecule has 0 aliphatic rings. The number of nitrogens with one attached hydrogen (secondary N) is 3. The van der Waals surface area contributed by atoms with Crippen molar-refractivity contribution in [1.82, 2.24) is 20.2 Å². The Balaban J connectivity index is 2.74. The first-order chi connectivity index (χ1) is 8.88. The summed E-state index contributed by atoms with van der Waals surface area (Å²) in [6.45, 7) is 6.47. The van der Waals surface area contributed by atoms with E-state index in [0.717, 1.165) is 0 Å². The SMILES string of the molecule is CNCc1n[nH]c(C)c1S(=O)(=O)NCCOC(C)C. The molecule has 1 rings (SSSR count). The fourth-order valence-electron chi connectivity index (χ4n) is 1.66. The van der Waals surface area contributed by atoms with Gasteiger partial charge in [0.15, 0.2) is 0 Å². The Kier molecular flexibility index (Phi) is 5.92. The molecule has 0 spiro atoms. The van der Waals surface area contributed by atoms with E-state index in [2.05, 4.69) is 20.2 Å². The first-order valence-electron chi connectivity index (χ1n) is 6.18. The summed E-state index contributed by atoms with van der Waals surface area (Å²) in [6, 6.07) is 0. The molecular formula is C11H22N4O3S. The number of nitrogens with zero attached hydrogens (tertiary/aromatic N) is 1. The van der Waals surface area contributed by atoms with Crippen molar-refractivity contribution >= 4 is 10.0 Å². The third-order valence-electron chi connectivity index (χ3n) is 2.42.